The predicted octanol–water partition coefficient (Wildman–Crippen LogP) is 1.90. The first-order valence-electron chi connectivity index (χ1n) is 7.75. The molecule has 0 bridgehead atoms. The van der Waals surface area contributed by atoms with E-state index < -0.39 is 30.1 Å². The maximum Gasteiger partial charge on any atom is 0.413 e. The van der Waals surface area contributed by atoms with Crippen molar-refractivity contribution in [3.8, 4) is 22.9 Å². The maximum absolute atomic E-state index is 15.0. The fourth-order valence-electron chi connectivity index (χ4n) is 3.08. The van der Waals surface area contributed by atoms with Crippen LogP contribution in [0.2, 0.25) is 0 Å². The van der Waals surface area contributed by atoms with E-state index in [2.05, 4.69) is 4.98 Å². The second kappa shape index (κ2) is 5.93. The van der Waals surface area contributed by atoms with Crippen molar-refractivity contribution in [3.05, 3.63) is 47.3 Å². The zero-order valence-electron chi connectivity index (χ0n) is 13.3. The number of fused-ring (bicyclic) bond motifs is 2. The van der Waals surface area contributed by atoms with Crippen LogP contribution in [0, 0.1) is 23.0 Å². The number of hydrogen-bond acceptors (Lipinski definition) is 6. The lowest BCUT2D eigenvalue weighted by atomic mass is 10.00. The van der Waals surface area contributed by atoms with Crippen LogP contribution < -0.4 is 10.5 Å². The smallest absolute Gasteiger partial charge is 0.413 e. The molecule has 0 spiro atoms. The summed E-state index contributed by atoms with van der Waals surface area (Å²) in [6.07, 6.45) is -0.972. The minimum absolute atomic E-state index is 0.00311. The van der Waals surface area contributed by atoms with Crippen LogP contribution in [0.4, 0.5) is 13.6 Å². The van der Waals surface area contributed by atoms with Crippen molar-refractivity contribution in [2.24, 2.45) is 5.73 Å². The molecule has 0 saturated carbocycles. The molecule has 2 N–H and O–H groups in total. The zero-order valence-corrected chi connectivity index (χ0v) is 13.3. The SMILES string of the molecule is N#Cc1ccc(-c2c(F)cc3c(c2F)CN2C(=O)O[C@@H](CN)[C@@H]2O3)cn1. The number of ether oxygens (including phenoxy) is 2. The molecule has 9 heteroatoms. The molecule has 3 heterocycles. The van der Waals surface area contributed by atoms with Crippen molar-refractivity contribution >= 4 is 6.09 Å². The van der Waals surface area contributed by atoms with E-state index in [9.17, 15) is 9.18 Å². The van der Waals surface area contributed by atoms with Gasteiger partial charge in [0.05, 0.1) is 17.7 Å². The lowest BCUT2D eigenvalue weighted by Crippen LogP contribution is -2.46. The second-order valence-electron chi connectivity index (χ2n) is 5.86. The summed E-state index contributed by atoms with van der Waals surface area (Å²) in [6.45, 7) is -0.0969. The van der Waals surface area contributed by atoms with Crippen LogP contribution in [0.25, 0.3) is 11.1 Å². The molecule has 2 atom stereocenters. The van der Waals surface area contributed by atoms with E-state index in [1.807, 2.05) is 6.07 Å². The Balaban J connectivity index is 1.79. The van der Waals surface area contributed by atoms with Gasteiger partial charge < -0.3 is 15.2 Å². The standard InChI is InChI=1S/C17H12F2N4O3/c18-11-3-12-10(7-23-16(25-12)13(5-21)26-17(23)24)15(19)14(11)8-1-2-9(4-20)22-6-8/h1-3,6,13,16H,5,7,21H2/t13-,16-/m0/s1. The third kappa shape index (κ3) is 2.34. The normalized spacial score (nSPS) is 20.7. The molecule has 1 saturated heterocycles. The van der Waals surface area contributed by atoms with Gasteiger partial charge in [0.15, 0.2) is 6.10 Å². The maximum atomic E-state index is 15.0. The molecule has 1 fully saturated rings. The van der Waals surface area contributed by atoms with E-state index in [1.165, 1.54) is 23.2 Å². The summed E-state index contributed by atoms with van der Waals surface area (Å²) in [5.41, 5.74) is 5.59. The van der Waals surface area contributed by atoms with Gasteiger partial charge >= 0.3 is 6.09 Å². The van der Waals surface area contributed by atoms with Crippen molar-refractivity contribution in [1.29, 1.82) is 5.26 Å². The summed E-state index contributed by atoms with van der Waals surface area (Å²) in [7, 11) is 0. The Morgan fingerprint density at radius 1 is 1.38 bits per heavy atom. The summed E-state index contributed by atoms with van der Waals surface area (Å²) in [6, 6.07) is 5.67. The number of benzene rings is 1. The summed E-state index contributed by atoms with van der Waals surface area (Å²) >= 11 is 0. The molecule has 4 rings (SSSR count). The van der Waals surface area contributed by atoms with Crippen LogP contribution in [0.15, 0.2) is 24.4 Å². The van der Waals surface area contributed by atoms with Gasteiger partial charge in [-0.25, -0.2) is 18.6 Å². The molecule has 0 radical (unpaired) electrons. The number of hydrogen-bond donors (Lipinski definition) is 1. The fourth-order valence-corrected chi connectivity index (χ4v) is 3.08. The second-order valence-corrected chi connectivity index (χ2v) is 5.86. The number of aromatic nitrogens is 1. The minimum Gasteiger partial charge on any atom is -0.466 e. The molecule has 1 amide bonds. The molecular weight excluding hydrogens is 346 g/mol. The van der Waals surface area contributed by atoms with Crippen LogP contribution in [-0.4, -0.2) is 34.9 Å². The Morgan fingerprint density at radius 3 is 2.85 bits per heavy atom. The first-order valence-corrected chi connectivity index (χ1v) is 7.75. The first kappa shape index (κ1) is 16.2. The highest BCUT2D eigenvalue weighted by Crippen LogP contribution is 2.39. The lowest BCUT2D eigenvalue weighted by molar-refractivity contribution is 0.0206. The highest BCUT2D eigenvalue weighted by Gasteiger charge is 2.46. The van der Waals surface area contributed by atoms with Gasteiger partial charge in [-0.1, -0.05) is 0 Å². The van der Waals surface area contributed by atoms with E-state index in [1.54, 1.807) is 0 Å². The Bertz CT molecular complexity index is 943. The van der Waals surface area contributed by atoms with Crippen LogP contribution in [0.3, 0.4) is 0 Å². The highest BCUT2D eigenvalue weighted by molar-refractivity contribution is 5.72. The van der Waals surface area contributed by atoms with Crippen LogP contribution in [0.5, 0.6) is 5.75 Å². The van der Waals surface area contributed by atoms with Crippen molar-refractivity contribution in [2.45, 2.75) is 18.9 Å². The third-order valence-electron chi connectivity index (χ3n) is 4.37. The first-order chi connectivity index (χ1) is 12.5. The lowest BCUT2D eigenvalue weighted by Gasteiger charge is -2.32. The van der Waals surface area contributed by atoms with Crippen LogP contribution >= 0.6 is 0 Å². The topological polar surface area (TPSA) is 101 Å². The monoisotopic (exact) mass is 358 g/mol. The number of halogens is 2. The van der Waals surface area contributed by atoms with Gasteiger partial charge in [0.1, 0.15) is 29.1 Å². The van der Waals surface area contributed by atoms with Crippen LogP contribution in [-0.2, 0) is 11.3 Å². The molecule has 2 aromatic rings. The largest absolute Gasteiger partial charge is 0.466 e. The van der Waals surface area contributed by atoms with Gasteiger partial charge in [0, 0.05) is 24.4 Å². The van der Waals surface area contributed by atoms with Crippen LogP contribution in [0.1, 0.15) is 11.3 Å². The van der Waals surface area contributed by atoms with E-state index >= 15 is 4.39 Å². The number of nitrogens with two attached hydrogens (primary N) is 1. The molecule has 1 aromatic heterocycles. The number of amides is 1. The summed E-state index contributed by atoms with van der Waals surface area (Å²) in [5, 5.41) is 8.78. The number of cyclic esters (lactones) is 1. The molecule has 2 aliphatic rings. The summed E-state index contributed by atoms with van der Waals surface area (Å²) < 4.78 is 40.2. The minimum atomic E-state index is -0.853. The van der Waals surface area contributed by atoms with Crippen molar-refractivity contribution in [2.75, 3.05) is 6.54 Å². The molecule has 7 nitrogen and oxygen atoms in total. The average Bonchev–Trinajstić information content (AvgIpc) is 2.96. The molecule has 132 valence electrons. The molecular formula is C17H12F2N4O3. The third-order valence-corrected chi connectivity index (χ3v) is 4.37. The van der Waals surface area contributed by atoms with E-state index in [-0.39, 0.29) is 41.2 Å². The number of nitrogens with zero attached hydrogens (tertiary/aromatic N) is 3. The van der Waals surface area contributed by atoms with Crippen molar-refractivity contribution in [1.82, 2.24) is 9.88 Å². The molecule has 0 aliphatic carbocycles. The van der Waals surface area contributed by atoms with Crippen molar-refractivity contribution in [3.63, 3.8) is 0 Å². The molecule has 2 aliphatic heterocycles. The van der Waals surface area contributed by atoms with E-state index in [0.717, 1.165) is 6.07 Å². The predicted molar refractivity (Wildman–Crippen MR) is 83.6 cm³/mol. The number of pyridine rings is 1. The van der Waals surface area contributed by atoms with E-state index in [0.29, 0.717) is 0 Å². The summed E-state index contributed by atoms with van der Waals surface area (Å²) in [4.78, 5) is 17.0. The molecule has 0 unspecified atom stereocenters. The Kier molecular flexibility index (Phi) is 3.70. The number of carbonyl (C=O) groups is 1. The number of carbonyl (C=O) groups excluding carboxylic acids is 1. The van der Waals surface area contributed by atoms with Crippen molar-refractivity contribution < 1.29 is 23.0 Å². The van der Waals surface area contributed by atoms with Gasteiger partial charge in [0.25, 0.3) is 0 Å². The van der Waals surface area contributed by atoms with Gasteiger partial charge in [-0.2, -0.15) is 5.26 Å². The number of nitriles is 1. The Hall–Kier alpha value is -3.25. The average molecular weight is 358 g/mol. The van der Waals surface area contributed by atoms with E-state index in [4.69, 9.17) is 20.5 Å². The Morgan fingerprint density at radius 2 is 2.19 bits per heavy atom. The van der Waals surface area contributed by atoms with Gasteiger partial charge in [-0.15, -0.1) is 0 Å². The highest BCUT2D eigenvalue weighted by atomic mass is 19.1. The number of rotatable bonds is 2. The molecule has 1 aromatic carbocycles. The Labute approximate surface area is 146 Å². The molecule has 26 heavy (non-hydrogen) atoms. The van der Waals surface area contributed by atoms with Gasteiger partial charge in [-0.05, 0) is 12.1 Å². The zero-order chi connectivity index (χ0) is 18.4. The fraction of sp³-hybridized carbons (Fsp3) is 0.235. The quantitative estimate of drug-likeness (QED) is 0.880. The van der Waals surface area contributed by atoms with Gasteiger partial charge in [-0.3, -0.25) is 4.90 Å². The van der Waals surface area contributed by atoms with Gasteiger partial charge in [0.2, 0.25) is 6.23 Å². The summed E-state index contributed by atoms with van der Waals surface area (Å²) in [5.74, 6) is -1.69.